The van der Waals surface area contributed by atoms with E-state index in [-0.39, 0.29) is 36.5 Å². The Morgan fingerprint density at radius 1 is 1.10 bits per heavy atom. The second kappa shape index (κ2) is 13.2. The van der Waals surface area contributed by atoms with Crippen LogP contribution in [0.1, 0.15) is 36.5 Å². The first-order valence-electron chi connectivity index (χ1n) is 10.7. The van der Waals surface area contributed by atoms with Gasteiger partial charge in [-0.1, -0.05) is 36.4 Å². The number of hydrogen-bond donors (Lipinski definition) is 3. The fourth-order valence-electron chi connectivity index (χ4n) is 3.02. The molecule has 3 N–H and O–H groups in total. The Hall–Kier alpha value is -2.29. The van der Waals surface area contributed by atoms with E-state index in [9.17, 15) is 4.79 Å². The van der Waals surface area contributed by atoms with Gasteiger partial charge in [0.1, 0.15) is 5.75 Å². The summed E-state index contributed by atoms with van der Waals surface area (Å²) in [5, 5.41) is 9.60. The highest BCUT2D eigenvalue weighted by Gasteiger charge is 2.23. The number of aryl methyl sites for hydroxylation is 1. The summed E-state index contributed by atoms with van der Waals surface area (Å²) in [6, 6.07) is 16.6. The highest BCUT2D eigenvalue weighted by atomic mass is 127. The van der Waals surface area contributed by atoms with Crippen LogP contribution in [-0.4, -0.2) is 37.6 Å². The van der Waals surface area contributed by atoms with E-state index < -0.39 is 0 Å². The molecule has 0 spiro atoms. The maximum absolute atomic E-state index is 11.7. The number of nitrogens with one attached hydrogen (secondary N) is 3. The van der Waals surface area contributed by atoms with Crippen molar-refractivity contribution >= 4 is 35.8 Å². The third kappa shape index (κ3) is 9.16. The molecule has 2 aromatic rings. The Morgan fingerprint density at radius 3 is 2.52 bits per heavy atom. The van der Waals surface area contributed by atoms with Gasteiger partial charge in [0.05, 0.1) is 6.54 Å². The van der Waals surface area contributed by atoms with E-state index in [1.54, 1.807) is 0 Å². The van der Waals surface area contributed by atoms with Crippen LogP contribution in [0.15, 0.2) is 53.5 Å². The molecular formula is C24H33IN4O2. The first-order chi connectivity index (χ1) is 14.6. The van der Waals surface area contributed by atoms with Crippen LogP contribution in [0.5, 0.6) is 5.75 Å². The zero-order valence-electron chi connectivity index (χ0n) is 18.3. The lowest BCUT2D eigenvalue weighted by Crippen LogP contribution is -2.38. The molecule has 7 heteroatoms. The van der Waals surface area contributed by atoms with Gasteiger partial charge < -0.3 is 20.7 Å². The molecule has 1 saturated carbocycles. The average molecular weight is 536 g/mol. The van der Waals surface area contributed by atoms with Crippen LogP contribution in [-0.2, 0) is 17.8 Å². The zero-order valence-corrected chi connectivity index (χ0v) is 20.6. The minimum absolute atomic E-state index is 0. The molecule has 31 heavy (non-hydrogen) atoms. The van der Waals surface area contributed by atoms with Gasteiger partial charge in [0.25, 0.3) is 5.91 Å². The summed E-state index contributed by atoms with van der Waals surface area (Å²) in [5.74, 6) is 1.49. The molecule has 0 atom stereocenters. The van der Waals surface area contributed by atoms with Gasteiger partial charge >= 0.3 is 0 Å². The number of amides is 1. The Balaban J connectivity index is 0.00000341. The van der Waals surface area contributed by atoms with Gasteiger partial charge in [0.2, 0.25) is 0 Å². The lowest BCUT2D eigenvalue weighted by molar-refractivity contribution is -0.123. The van der Waals surface area contributed by atoms with Crippen LogP contribution in [0.4, 0.5) is 0 Å². The first kappa shape index (κ1) is 25.0. The van der Waals surface area contributed by atoms with Crippen molar-refractivity contribution in [2.75, 3.05) is 19.7 Å². The topological polar surface area (TPSA) is 74.8 Å². The smallest absolute Gasteiger partial charge is 0.258 e. The Bertz CT molecular complexity index is 851. The minimum Gasteiger partial charge on any atom is -0.484 e. The molecule has 1 amide bonds. The van der Waals surface area contributed by atoms with E-state index in [2.05, 4.69) is 41.9 Å². The normalized spacial score (nSPS) is 13.2. The highest BCUT2D eigenvalue weighted by molar-refractivity contribution is 14.0. The van der Waals surface area contributed by atoms with Crippen molar-refractivity contribution in [2.45, 2.75) is 45.7 Å². The molecule has 6 nitrogen and oxygen atoms in total. The summed E-state index contributed by atoms with van der Waals surface area (Å²) in [6.45, 7) is 6.50. The average Bonchev–Trinajstić information content (AvgIpc) is 3.56. The number of guanidine groups is 1. The van der Waals surface area contributed by atoms with Crippen LogP contribution >= 0.6 is 24.0 Å². The van der Waals surface area contributed by atoms with Crippen molar-refractivity contribution in [3.63, 3.8) is 0 Å². The second-order valence-electron chi connectivity index (χ2n) is 7.57. The van der Waals surface area contributed by atoms with Crippen molar-refractivity contribution < 1.29 is 9.53 Å². The van der Waals surface area contributed by atoms with Crippen molar-refractivity contribution in [3.05, 3.63) is 65.2 Å². The predicted octanol–water partition coefficient (Wildman–Crippen LogP) is 3.57. The van der Waals surface area contributed by atoms with E-state index in [1.807, 2.05) is 36.4 Å². The quantitative estimate of drug-likeness (QED) is 0.247. The van der Waals surface area contributed by atoms with Crippen LogP contribution in [0.2, 0.25) is 0 Å². The largest absolute Gasteiger partial charge is 0.484 e. The summed E-state index contributed by atoms with van der Waals surface area (Å²) in [4.78, 5) is 16.4. The molecule has 1 fully saturated rings. The lowest BCUT2D eigenvalue weighted by Gasteiger charge is -2.12. The molecule has 168 valence electrons. The Kier molecular flexibility index (Phi) is 10.6. The number of carbonyl (C=O) groups is 1. The molecule has 1 aliphatic rings. The van der Waals surface area contributed by atoms with Crippen LogP contribution in [0, 0.1) is 6.92 Å². The summed E-state index contributed by atoms with van der Waals surface area (Å²) in [5.41, 5.74) is 3.69. The van der Waals surface area contributed by atoms with Crippen LogP contribution in [0.3, 0.4) is 0 Å². The van der Waals surface area contributed by atoms with E-state index in [4.69, 9.17) is 9.73 Å². The number of benzene rings is 2. The number of carbonyl (C=O) groups excluding carboxylic acids is 1. The number of rotatable bonds is 10. The van der Waals surface area contributed by atoms with Gasteiger partial charge in [-0.15, -0.1) is 24.0 Å². The molecular weight excluding hydrogens is 503 g/mol. The van der Waals surface area contributed by atoms with E-state index in [0.29, 0.717) is 18.3 Å². The highest BCUT2D eigenvalue weighted by Crippen LogP contribution is 2.18. The number of nitrogens with zero attached hydrogens (tertiary/aromatic N) is 1. The fraction of sp³-hybridized carbons (Fsp3) is 0.417. The van der Waals surface area contributed by atoms with E-state index >= 15 is 0 Å². The maximum atomic E-state index is 11.7. The van der Waals surface area contributed by atoms with E-state index in [0.717, 1.165) is 38.3 Å². The lowest BCUT2D eigenvalue weighted by atomic mass is 10.1. The fourth-order valence-corrected chi connectivity index (χ4v) is 3.02. The standard InChI is InChI=1S/C24H32N4O2.HI/c1-3-25-24(27-16-20-7-5-4-6-18(20)2)26-15-14-19-8-12-22(13-9-19)30-17-23(29)28-21-10-11-21;/h4-9,12-13,21H,3,10-11,14-17H2,1-2H3,(H,28,29)(H2,25,26,27);1H. The van der Waals surface area contributed by atoms with Gasteiger partial charge in [-0.25, -0.2) is 4.99 Å². The summed E-state index contributed by atoms with van der Waals surface area (Å²) < 4.78 is 5.55. The molecule has 0 bridgehead atoms. The molecule has 0 radical (unpaired) electrons. The molecule has 0 aliphatic heterocycles. The summed E-state index contributed by atoms with van der Waals surface area (Å²) in [7, 11) is 0. The van der Waals surface area contributed by atoms with Crippen LogP contribution < -0.4 is 20.7 Å². The first-order valence-corrected chi connectivity index (χ1v) is 10.7. The SMILES string of the molecule is CCNC(=NCc1ccccc1C)NCCc1ccc(OCC(=O)NC2CC2)cc1.I. The van der Waals surface area contributed by atoms with Crippen molar-refractivity contribution in [2.24, 2.45) is 4.99 Å². The molecule has 3 rings (SSSR count). The summed E-state index contributed by atoms with van der Waals surface area (Å²) >= 11 is 0. The predicted molar refractivity (Wildman–Crippen MR) is 136 cm³/mol. The second-order valence-corrected chi connectivity index (χ2v) is 7.57. The van der Waals surface area contributed by atoms with Gasteiger partial charge in [-0.2, -0.15) is 0 Å². The monoisotopic (exact) mass is 536 g/mol. The van der Waals surface area contributed by atoms with Crippen LogP contribution in [0.25, 0.3) is 0 Å². The minimum atomic E-state index is -0.0493. The third-order valence-corrected chi connectivity index (χ3v) is 4.95. The van der Waals surface area contributed by atoms with Crippen molar-refractivity contribution in [3.8, 4) is 5.75 Å². The third-order valence-electron chi connectivity index (χ3n) is 4.95. The summed E-state index contributed by atoms with van der Waals surface area (Å²) in [6.07, 6.45) is 3.04. The number of ether oxygens (including phenoxy) is 1. The number of hydrogen-bond acceptors (Lipinski definition) is 3. The molecule has 0 unspecified atom stereocenters. The van der Waals surface area contributed by atoms with Crippen molar-refractivity contribution in [1.29, 1.82) is 0 Å². The van der Waals surface area contributed by atoms with E-state index in [1.165, 1.54) is 16.7 Å². The number of aliphatic imine (C=N–C) groups is 1. The molecule has 0 aromatic heterocycles. The number of halogens is 1. The van der Waals surface area contributed by atoms with Crippen molar-refractivity contribution in [1.82, 2.24) is 16.0 Å². The molecule has 2 aromatic carbocycles. The van der Waals surface area contributed by atoms with Gasteiger partial charge in [0, 0.05) is 19.1 Å². The Labute approximate surface area is 202 Å². The van der Waals surface area contributed by atoms with Gasteiger partial charge in [0.15, 0.2) is 12.6 Å². The molecule has 1 aliphatic carbocycles. The zero-order chi connectivity index (χ0) is 21.2. The van der Waals surface area contributed by atoms with Gasteiger partial charge in [-0.05, 0) is 61.9 Å². The maximum Gasteiger partial charge on any atom is 0.258 e. The molecule has 0 saturated heterocycles. The Morgan fingerprint density at radius 2 is 1.84 bits per heavy atom. The van der Waals surface area contributed by atoms with Gasteiger partial charge in [-0.3, -0.25) is 4.79 Å². The molecule has 0 heterocycles.